The van der Waals surface area contributed by atoms with Crippen molar-refractivity contribution in [2.24, 2.45) is 0 Å². The summed E-state index contributed by atoms with van der Waals surface area (Å²) < 4.78 is 34.9. The standard InChI is InChI=1S/C19H23N5O3S2/c1-2-8-24-17-5-4-15(29(25,26)23-9-11-27-12-10-23)13-16(17)22-18(24)14-28-19-20-6-3-7-21-19/h3-7,13H,2,8-12,14H2,1H3. The normalized spacial score (nSPS) is 15.8. The smallest absolute Gasteiger partial charge is 0.243 e. The van der Waals surface area contributed by atoms with E-state index in [1.54, 1.807) is 30.6 Å². The first-order valence-corrected chi connectivity index (χ1v) is 12.0. The minimum atomic E-state index is -3.55. The van der Waals surface area contributed by atoms with Crippen LogP contribution in [0.25, 0.3) is 11.0 Å². The molecule has 3 heterocycles. The van der Waals surface area contributed by atoms with Gasteiger partial charge in [0.2, 0.25) is 10.0 Å². The van der Waals surface area contributed by atoms with Gasteiger partial charge in [0.25, 0.3) is 0 Å². The van der Waals surface area contributed by atoms with Crippen LogP contribution in [0.4, 0.5) is 0 Å². The van der Waals surface area contributed by atoms with Gasteiger partial charge in [0.1, 0.15) is 5.82 Å². The van der Waals surface area contributed by atoms with Crippen molar-refractivity contribution in [1.82, 2.24) is 23.8 Å². The number of fused-ring (bicyclic) bond motifs is 1. The van der Waals surface area contributed by atoms with E-state index in [9.17, 15) is 8.42 Å². The molecule has 8 nitrogen and oxygen atoms in total. The Morgan fingerprint density at radius 2 is 1.93 bits per heavy atom. The van der Waals surface area contributed by atoms with Crippen LogP contribution in [0.5, 0.6) is 0 Å². The van der Waals surface area contributed by atoms with Gasteiger partial charge in [-0.25, -0.2) is 23.4 Å². The third-order valence-corrected chi connectivity index (χ3v) is 7.49. The van der Waals surface area contributed by atoms with E-state index in [4.69, 9.17) is 9.72 Å². The average molecular weight is 434 g/mol. The minimum Gasteiger partial charge on any atom is -0.379 e. The highest BCUT2D eigenvalue weighted by Gasteiger charge is 2.27. The van der Waals surface area contributed by atoms with Gasteiger partial charge < -0.3 is 9.30 Å². The third-order valence-electron chi connectivity index (χ3n) is 4.73. The molecule has 0 saturated carbocycles. The number of rotatable bonds is 7. The van der Waals surface area contributed by atoms with E-state index in [0.29, 0.717) is 42.7 Å². The molecule has 0 spiro atoms. The number of hydrogen-bond acceptors (Lipinski definition) is 7. The number of hydrogen-bond donors (Lipinski definition) is 0. The third kappa shape index (κ3) is 4.30. The maximum Gasteiger partial charge on any atom is 0.243 e. The van der Waals surface area contributed by atoms with Crippen molar-refractivity contribution in [1.29, 1.82) is 0 Å². The number of thioether (sulfide) groups is 1. The lowest BCUT2D eigenvalue weighted by Crippen LogP contribution is -2.40. The van der Waals surface area contributed by atoms with E-state index in [0.717, 1.165) is 24.3 Å². The quantitative estimate of drug-likeness (QED) is 0.418. The molecule has 0 unspecified atom stereocenters. The second-order valence-electron chi connectivity index (χ2n) is 6.67. The van der Waals surface area contributed by atoms with Crippen LogP contribution in [0.1, 0.15) is 19.2 Å². The Hall–Kier alpha value is -2.01. The van der Waals surface area contributed by atoms with Crippen molar-refractivity contribution in [3.05, 3.63) is 42.5 Å². The topological polar surface area (TPSA) is 90.2 Å². The first-order chi connectivity index (χ1) is 14.1. The number of nitrogens with zero attached hydrogens (tertiary/aromatic N) is 5. The summed E-state index contributed by atoms with van der Waals surface area (Å²) in [4.78, 5) is 13.5. The molecule has 0 radical (unpaired) electrons. The van der Waals surface area contributed by atoms with Crippen LogP contribution in [0.3, 0.4) is 0 Å². The Labute approximate surface area is 174 Å². The Morgan fingerprint density at radius 3 is 2.66 bits per heavy atom. The molecule has 1 aliphatic heterocycles. The van der Waals surface area contributed by atoms with E-state index in [1.165, 1.54) is 16.1 Å². The summed E-state index contributed by atoms with van der Waals surface area (Å²) >= 11 is 1.52. The maximum absolute atomic E-state index is 13.0. The van der Waals surface area contributed by atoms with E-state index >= 15 is 0 Å². The Balaban J connectivity index is 1.65. The van der Waals surface area contributed by atoms with Gasteiger partial charge in [-0.05, 0) is 30.7 Å². The molecule has 4 rings (SSSR count). The van der Waals surface area contributed by atoms with Crippen LogP contribution in [0, 0.1) is 0 Å². The molecular weight excluding hydrogens is 410 g/mol. The molecule has 1 fully saturated rings. The fourth-order valence-corrected chi connectivity index (χ4v) is 5.51. The summed E-state index contributed by atoms with van der Waals surface area (Å²) in [5.74, 6) is 1.50. The second-order valence-corrected chi connectivity index (χ2v) is 9.55. The maximum atomic E-state index is 13.0. The number of sulfonamides is 1. The van der Waals surface area contributed by atoms with Crippen molar-refractivity contribution in [3.8, 4) is 0 Å². The van der Waals surface area contributed by atoms with E-state index in [-0.39, 0.29) is 4.90 Å². The van der Waals surface area contributed by atoms with Crippen molar-refractivity contribution < 1.29 is 13.2 Å². The van der Waals surface area contributed by atoms with Crippen molar-refractivity contribution in [2.45, 2.75) is 35.7 Å². The first kappa shape index (κ1) is 20.3. The van der Waals surface area contributed by atoms with Crippen molar-refractivity contribution in [3.63, 3.8) is 0 Å². The Morgan fingerprint density at radius 1 is 1.17 bits per heavy atom. The minimum absolute atomic E-state index is 0.277. The van der Waals surface area contributed by atoms with Gasteiger partial charge in [0.05, 0.1) is 34.9 Å². The van der Waals surface area contributed by atoms with Crippen LogP contribution >= 0.6 is 11.8 Å². The zero-order chi connectivity index (χ0) is 20.3. The zero-order valence-corrected chi connectivity index (χ0v) is 17.8. The van der Waals surface area contributed by atoms with E-state index < -0.39 is 10.0 Å². The molecule has 154 valence electrons. The lowest BCUT2D eigenvalue weighted by atomic mass is 10.3. The molecule has 0 aliphatic carbocycles. The van der Waals surface area contributed by atoms with Gasteiger partial charge in [-0.1, -0.05) is 18.7 Å². The summed E-state index contributed by atoms with van der Waals surface area (Å²) in [5.41, 5.74) is 1.63. The van der Waals surface area contributed by atoms with E-state index in [2.05, 4.69) is 21.5 Å². The summed E-state index contributed by atoms with van der Waals surface area (Å²) in [6.07, 6.45) is 4.39. The van der Waals surface area contributed by atoms with Gasteiger partial charge in [0, 0.05) is 32.0 Å². The Kier molecular flexibility index (Phi) is 6.14. The number of aryl methyl sites for hydroxylation is 1. The van der Waals surface area contributed by atoms with Crippen LogP contribution < -0.4 is 0 Å². The number of benzene rings is 1. The largest absolute Gasteiger partial charge is 0.379 e. The first-order valence-electron chi connectivity index (χ1n) is 9.56. The molecule has 1 saturated heterocycles. The molecule has 3 aromatic rings. The average Bonchev–Trinajstić information content (AvgIpc) is 3.10. The lowest BCUT2D eigenvalue weighted by Gasteiger charge is -2.26. The number of aromatic nitrogens is 4. The SMILES string of the molecule is CCCn1c(CSc2ncccn2)nc2cc(S(=O)(=O)N3CCOCC3)ccc21. The van der Waals surface area contributed by atoms with Gasteiger partial charge in [-0.15, -0.1) is 0 Å². The van der Waals surface area contributed by atoms with Gasteiger partial charge >= 0.3 is 0 Å². The van der Waals surface area contributed by atoms with Crippen LogP contribution in [-0.2, 0) is 27.1 Å². The predicted octanol–water partition coefficient (Wildman–Crippen LogP) is 2.55. The summed E-state index contributed by atoms with van der Waals surface area (Å²) in [6.45, 7) is 4.54. The highest BCUT2D eigenvalue weighted by Crippen LogP contribution is 2.26. The van der Waals surface area contributed by atoms with E-state index in [1.807, 2.05) is 6.07 Å². The van der Waals surface area contributed by atoms with Gasteiger partial charge in [0.15, 0.2) is 5.16 Å². The zero-order valence-electron chi connectivity index (χ0n) is 16.2. The van der Waals surface area contributed by atoms with Crippen molar-refractivity contribution >= 4 is 32.8 Å². The molecule has 10 heteroatoms. The molecule has 0 bridgehead atoms. The Bertz CT molecular complexity index is 1080. The van der Waals surface area contributed by atoms with Crippen molar-refractivity contribution in [2.75, 3.05) is 26.3 Å². The lowest BCUT2D eigenvalue weighted by molar-refractivity contribution is 0.0730. The summed E-state index contributed by atoms with van der Waals surface area (Å²) in [7, 11) is -3.55. The second kappa shape index (κ2) is 8.78. The molecule has 29 heavy (non-hydrogen) atoms. The number of morpholine rings is 1. The number of imidazole rings is 1. The van der Waals surface area contributed by atoms with Gasteiger partial charge in [-0.3, -0.25) is 0 Å². The molecule has 1 aliphatic rings. The highest BCUT2D eigenvalue weighted by molar-refractivity contribution is 7.98. The summed E-state index contributed by atoms with van der Waals surface area (Å²) in [6, 6.07) is 7.00. The summed E-state index contributed by atoms with van der Waals surface area (Å²) in [5, 5.41) is 0.693. The predicted molar refractivity (Wildman–Crippen MR) is 111 cm³/mol. The fraction of sp³-hybridized carbons (Fsp3) is 0.421. The highest BCUT2D eigenvalue weighted by atomic mass is 32.2. The molecule has 0 amide bonds. The molecular formula is C19H23N5O3S2. The monoisotopic (exact) mass is 433 g/mol. The van der Waals surface area contributed by atoms with Gasteiger partial charge in [-0.2, -0.15) is 4.31 Å². The van der Waals surface area contributed by atoms with Crippen LogP contribution in [-0.4, -0.2) is 58.5 Å². The molecule has 0 N–H and O–H groups in total. The molecule has 1 aromatic carbocycles. The molecule has 0 atom stereocenters. The fourth-order valence-electron chi connectivity index (χ4n) is 3.33. The van der Waals surface area contributed by atoms with Crippen LogP contribution in [0.15, 0.2) is 46.7 Å². The van der Waals surface area contributed by atoms with Crippen LogP contribution in [0.2, 0.25) is 0 Å². The number of ether oxygens (including phenoxy) is 1. The molecule has 2 aromatic heterocycles.